The van der Waals surface area contributed by atoms with Gasteiger partial charge < -0.3 is 4.98 Å². The molecule has 3 rings (SSSR count). The molecule has 0 bridgehead atoms. The van der Waals surface area contributed by atoms with Gasteiger partial charge in [-0.3, -0.25) is 0 Å². The second kappa shape index (κ2) is 6.85. The SMILES string of the molecule is N#CC(Cc1c[nH]cn1)(c1ccc(C(F)(F)F)cc1)c1cccc(Cl)c1. The highest BCUT2D eigenvalue weighted by Gasteiger charge is 2.37. The Morgan fingerprint density at radius 2 is 1.73 bits per heavy atom. The molecule has 26 heavy (non-hydrogen) atoms. The van der Waals surface area contributed by atoms with E-state index >= 15 is 0 Å². The van der Waals surface area contributed by atoms with Crippen molar-refractivity contribution >= 4 is 11.6 Å². The molecule has 0 aliphatic heterocycles. The zero-order chi connectivity index (χ0) is 18.8. The number of nitrogens with one attached hydrogen (secondary N) is 1. The van der Waals surface area contributed by atoms with Crippen LogP contribution in [0.2, 0.25) is 5.02 Å². The van der Waals surface area contributed by atoms with Gasteiger partial charge in [-0.25, -0.2) is 4.98 Å². The van der Waals surface area contributed by atoms with Gasteiger partial charge in [-0.05, 0) is 35.4 Å². The number of H-pyrrole nitrogens is 1. The molecule has 1 atom stereocenters. The van der Waals surface area contributed by atoms with Crippen molar-refractivity contribution in [3.63, 3.8) is 0 Å². The zero-order valence-corrected chi connectivity index (χ0v) is 14.1. The average Bonchev–Trinajstić information content (AvgIpc) is 3.12. The summed E-state index contributed by atoms with van der Waals surface area (Å²) >= 11 is 6.08. The number of benzene rings is 2. The molecule has 0 saturated carbocycles. The molecule has 2 aromatic carbocycles. The number of alkyl halides is 3. The van der Waals surface area contributed by atoms with Crippen molar-refractivity contribution in [1.29, 1.82) is 5.26 Å². The van der Waals surface area contributed by atoms with E-state index in [4.69, 9.17) is 11.6 Å². The van der Waals surface area contributed by atoms with Crippen molar-refractivity contribution in [1.82, 2.24) is 9.97 Å². The molecule has 0 amide bonds. The molecule has 0 saturated heterocycles. The Hall–Kier alpha value is -2.78. The number of halogens is 4. The molecule has 0 spiro atoms. The predicted octanol–water partition coefficient (Wildman–Crippen LogP) is 5.13. The minimum Gasteiger partial charge on any atom is -0.351 e. The highest BCUT2D eigenvalue weighted by atomic mass is 35.5. The molecule has 0 radical (unpaired) electrons. The lowest BCUT2D eigenvalue weighted by Gasteiger charge is -2.28. The third kappa shape index (κ3) is 3.44. The van der Waals surface area contributed by atoms with Crippen LogP contribution >= 0.6 is 11.6 Å². The van der Waals surface area contributed by atoms with E-state index in [0.29, 0.717) is 21.8 Å². The van der Waals surface area contributed by atoms with Crippen molar-refractivity contribution in [2.45, 2.75) is 18.0 Å². The van der Waals surface area contributed by atoms with Gasteiger partial charge in [0.2, 0.25) is 0 Å². The van der Waals surface area contributed by atoms with Crippen molar-refractivity contribution in [2.24, 2.45) is 0 Å². The normalized spacial score (nSPS) is 13.8. The summed E-state index contributed by atoms with van der Waals surface area (Å²) in [5, 5.41) is 10.5. The number of hydrogen-bond donors (Lipinski definition) is 1. The van der Waals surface area contributed by atoms with Crippen LogP contribution in [-0.4, -0.2) is 9.97 Å². The van der Waals surface area contributed by atoms with Gasteiger partial charge in [0.25, 0.3) is 0 Å². The topological polar surface area (TPSA) is 52.5 Å². The van der Waals surface area contributed by atoms with Gasteiger partial charge in [0.1, 0.15) is 5.41 Å². The van der Waals surface area contributed by atoms with Crippen LogP contribution in [0.15, 0.2) is 61.1 Å². The van der Waals surface area contributed by atoms with Crippen LogP contribution in [0.3, 0.4) is 0 Å². The minimum absolute atomic E-state index is 0.193. The lowest BCUT2D eigenvalue weighted by atomic mass is 9.72. The third-order valence-corrected chi connectivity index (χ3v) is 4.45. The summed E-state index contributed by atoms with van der Waals surface area (Å²) in [4.78, 5) is 6.98. The maximum Gasteiger partial charge on any atom is 0.416 e. The van der Waals surface area contributed by atoms with E-state index in [0.717, 1.165) is 12.1 Å². The van der Waals surface area contributed by atoms with Crippen molar-refractivity contribution in [2.75, 3.05) is 0 Å². The first-order chi connectivity index (χ1) is 12.3. The number of aromatic amines is 1. The van der Waals surface area contributed by atoms with E-state index in [1.54, 1.807) is 30.5 Å². The molecule has 3 aromatic rings. The second-order valence-electron chi connectivity index (χ2n) is 5.84. The Morgan fingerprint density at radius 3 is 2.27 bits per heavy atom. The van der Waals surface area contributed by atoms with Gasteiger partial charge in [-0.1, -0.05) is 35.9 Å². The summed E-state index contributed by atoms with van der Waals surface area (Å²) < 4.78 is 38.6. The summed E-state index contributed by atoms with van der Waals surface area (Å²) in [6.45, 7) is 0. The summed E-state index contributed by atoms with van der Waals surface area (Å²) in [5.74, 6) is 0. The molecule has 3 nitrogen and oxygen atoms in total. The number of nitriles is 1. The van der Waals surface area contributed by atoms with E-state index in [-0.39, 0.29) is 6.42 Å². The molecule has 1 aromatic heterocycles. The number of rotatable bonds is 4. The predicted molar refractivity (Wildman–Crippen MR) is 91.6 cm³/mol. The zero-order valence-electron chi connectivity index (χ0n) is 13.4. The maximum absolute atomic E-state index is 12.9. The van der Waals surface area contributed by atoms with Gasteiger partial charge in [0, 0.05) is 17.6 Å². The van der Waals surface area contributed by atoms with Crippen LogP contribution in [0.5, 0.6) is 0 Å². The first-order valence-electron chi connectivity index (χ1n) is 7.68. The fraction of sp³-hybridized carbons (Fsp3) is 0.158. The highest BCUT2D eigenvalue weighted by molar-refractivity contribution is 6.30. The summed E-state index contributed by atoms with van der Waals surface area (Å²) in [7, 11) is 0. The smallest absolute Gasteiger partial charge is 0.351 e. The average molecular weight is 376 g/mol. The van der Waals surface area contributed by atoms with Crippen molar-refractivity contribution in [3.05, 3.63) is 88.5 Å². The molecule has 7 heteroatoms. The monoisotopic (exact) mass is 375 g/mol. The van der Waals surface area contributed by atoms with E-state index in [1.807, 2.05) is 0 Å². The molecule has 0 aliphatic rings. The van der Waals surface area contributed by atoms with Gasteiger partial charge in [0.15, 0.2) is 0 Å². The Bertz CT molecular complexity index is 928. The Kier molecular flexibility index (Phi) is 4.75. The molecule has 1 unspecified atom stereocenters. The van der Waals surface area contributed by atoms with E-state index in [2.05, 4.69) is 16.0 Å². The highest BCUT2D eigenvalue weighted by Crippen LogP contribution is 2.38. The van der Waals surface area contributed by atoms with Crippen LogP contribution in [-0.2, 0) is 18.0 Å². The van der Waals surface area contributed by atoms with E-state index in [9.17, 15) is 18.4 Å². The number of imidazole rings is 1. The van der Waals surface area contributed by atoms with E-state index < -0.39 is 17.2 Å². The molecular weight excluding hydrogens is 363 g/mol. The number of hydrogen-bond acceptors (Lipinski definition) is 2. The molecule has 132 valence electrons. The van der Waals surface area contributed by atoms with Crippen molar-refractivity contribution < 1.29 is 13.2 Å². The number of nitrogens with zero attached hydrogens (tertiary/aromatic N) is 2. The Labute approximate surface area is 153 Å². The molecule has 0 fully saturated rings. The molecular formula is C19H13ClF3N3. The van der Waals surface area contributed by atoms with Gasteiger partial charge in [-0.15, -0.1) is 0 Å². The van der Waals surface area contributed by atoms with Gasteiger partial charge >= 0.3 is 6.18 Å². The van der Waals surface area contributed by atoms with Crippen LogP contribution in [0.25, 0.3) is 0 Å². The molecule has 1 heterocycles. The van der Waals surface area contributed by atoms with Gasteiger partial charge in [-0.2, -0.15) is 18.4 Å². The minimum atomic E-state index is -4.44. The lowest BCUT2D eigenvalue weighted by molar-refractivity contribution is -0.137. The lowest BCUT2D eigenvalue weighted by Crippen LogP contribution is -2.29. The summed E-state index contributed by atoms with van der Waals surface area (Å²) in [5.41, 5.74) is -0.330. The molecule has 1 N–H and O–H groups in total. The largest absolute Gasteiger partial charge is 0.416 e. The molecule has 0 aliphatic carbocycles. The summed E-state index contributed by atoms with van der Waals surface area (Å²) in [6, 6.07) is 13.7. The first-order valence-corrected chi connectivity index (χ1v) is 8.06. The van der Waals surface area contributed by atoms with Crippen LogP contribution in [0.4, 0.5) is 13.2 Å². The third-order valence-electron chi connectivity index (χ3n) is 4.21. The number of aromatic nitrogens is 2. The maximum atomic E-state index is 12.9. The quantitative estimate of drug-likeness (QED) is 0.687. The van der Waals surface area contributed by atoms with Gasteiger partial charge in [0.05, 0.1) is 23.7 Å². The fourth-order valence-electron chi connectivity index (χ4n) is 2.90. The standard InChI is InChI=1S/C19H13ClF3N3/c20-16-3-1-2-15(8-16)18(11-24,9-17-10-25-12-26-17)13-4-6-14(7-5-13)19(21,22)23/h1-8,10,12H,9H2,(H,25,26). The first kappa shape index (κ1) is 18.0. The second-order valence-corrected chi connectivity index (χ2v) is 6.28. The Balaban J connectivity index is 2.15. The van der Waals surface area contributed by atoms with Crippen LogP contribution in [0.1, 0.15) is 22.4 Å². The van der Waals surface area contributed by atoms with E-state index in [1.165, 1.54) is 18.5 Å². The Morgan fingerprint density at radius 1 is 1.04 bits per heavy atom. The fourth-order valence-corrected chi connectivity index (χ4v) is 3.09. The van der Waals surface area contributed by atoms with Crippen molar-refractivity contribution in [3.8, 4) is 6.07 Å². The van der Waals surface area contributed by atoms with Crippen LogP contribution < -0.4 is 0 Å². The van der Waals surface area contributed by atoms with Crippen LogP contribution in [0, 0.1) is 11.3 Å². The summed E-state index contributed by atoms with van der Waals surface area (Å²) in [6.07, 6.45) is -1.10.